The van der Waals surface area contributed by atoms with Gasteiger partial charge in [-0.25, -0.2) is 0 Å². The predicted molar refractivity (Wildman–Crippen MR) is 118 cm³/mol. The van der Waals surface area contributed by atoms with Crippen LogP contribution in [0, 0.1) is 5.92 Å². The average Bonchev–Trinajstić information content (AvgIpc) is 3.23. The minimum atomic E-state index is 0.478. The van der Waals surface area contributed by atoms with E-state index < -0.39 is 0 Å². The highest BCUT2D eigenvalue weighted by Gasteiger charge is 2.40. The minimum absolute atomic E-state index is 0.478. The molecule has 0 N–H and O–H groups in total. The average molecular weight is 352 g/mol. The second-order valence-corrected chi connectivity index (χ2v) is 5.88. The molecule has 1 nitrogen and oxygen atoms in total. The summed E-state index contributed by atoms with van der Waals surface area (Å²) in [6.07, 6.45) is 5.95. The zero-order valence-electron chi connectivity index (χ0n) is 17.7. The number of fused-ring (bicyclic) bond motifs is 3. The Morgan fingerprint density at radius 1 is 0.769 bits per heavy atom. The van der Waals surface area contributed by atoms with Crippen molar-refractivity contribution in [1.82, 2.24) is 0 Å². The Kier molecular flexibility index (Phi) is 9.80. The van der Waals surface area contributed by atoms with E-state index in [1.165, 1.54) is 23.2 Å². The Balaban J connectivity index is 0.000000515. The molecule has 3 atom stereocenters. The standard InChI is InChI=1S/C19H19N.3C2H6/c1-20-18-13-6-5-10-16(18)15-11-7-12-17(15)19(20)14-8-3-2-4-9-14;3*1-2/h2-11,13,15,17,19H,12H2,1H3;3*1-2H3. The summed E-state index contributed by atoms with van der Waals surface area (Å²) < 4.78 is 0. The molecule has 1 heterocycles. The zero-order chi connectivity index (χ0) is 19.5. The van der Waals surface area contributed by atoms with Gasteiger partial charge < -0.3 is 4.90 Å². The SMILES string of the molecule is CC.CC.CC.CN1c2ccccc2C2C=CCC2C1c1ccccc1. The molecule has 1 aliphatic carbocycles. The fourth-order valence-electron chi connectivity index (χ4n) is 3.98. The summed E-state index contributed by atoms with van der Waals surface area (Å²) in [6, 6.07) is 20.3. The smallest absolute Gasteiger partial charge is 0.0579 e. The molecule has 3 unspecified atom stereocenters. The van der Waals surface area contributed by atoms with Crippen LogP contribution in [0.3, 0.4) is 0 Å². The van der Waals surface area contributed by atoms with Crippen molar-refractivity contribution in [1.29, 1.82) is 0 Å². The first-order valence-electron chi connectivity index (χ1n) is 10.4. The van der Waals surface area contributed by atoms with Gasteiger partial charge in [-0.2, -0.15) is 0 Å². The molecule has 2 aromatic carbocycles. The van der Waals surface area contributed by atoms with Gasteiger partial charge in [-0.15, -0.1) is 0 Å². The van der Waals surface area contributed by atoms with E-state index >= 15 is 0 Å². The highest BCUT2D eigenvalue weighted by Crippen LogP contribution is 2.52. The molecule has 0 saturated heterocycles. The maximum Gasteiger partial charge on any atom is 0.0579 e. The molecule has 1 heteroatoms. The number of hydrogen-bond acceptors (Lipinski definition) is 1. The highest BCUT2D eigenvalue weighted by molar-refractivity contribution is 5.61. The predicted octanol–water partition coefficient (Wildman–Crippen LogP) is 7.62. The molecular weight excluding hydrogens is 314 g/mol. The normalized spacial score (nSPS) is 21.7. The summed E-state index contributed by atoms with van der Waals surface area (Å²) >= 11 is 0. The third-order valence-electron chi connectivity index (χ3n) is 4.85. The fraction of sp³-hybridized carbons (Fsp3) is 0.440. The molecule has 1 aliphatic heterocycles. The first-order valence-corrected chi connectivity index (χ1v) is 10.4. The monoisotopic (exact) mass is 351 g/mol. The molecule has 2 aliphatic rings. The first-order chi connectivity index (χ1) is 12.9. The second kappa shape index (κ2) is 11.6. The molecular formula is C25H37N. The van der Waals surface area contributed by atoms with Crippen molar-refractivity contribution in [2.75, 3.05) is 11.9 Å². The van der Waals surface area contributed by atoms with Gasteiger partial charge in [0.2, 0.25) is 0 Å². The lowest BCUT2D eigenvalue weighted by molar-refractivity contribution is 0.385. The van der Waals surface area contributed by atoms with Crippen LogP contribution in [0.15, 0.2) is 66.7 Å². The van der Waals surface area contributed by atoms with E-state index in [4.69, 9.17) is 0 Å². The molecule has 142 valence electrons. The van der Waals surface area contributed by atoms with Crippen LogP contribution in [0.1, 0.15) is 71.0 Å². The number of para-hydroxylation sites is 1. The summed E-state index contributed by atoms with van der Waals surface area (Å²) in [6.45, 7) is 12.0. The van der Waals surface area contributed by atoms with Crippen LogP contribution >= 0.6 is 0 Å². The lowest BCUT2D eigenvalue weighted by Crippen LogP contribution is -2.36. The van der Waals surface area contributed by atoms with Gasteiger partial charge in [0.15, 0.2) is 0 Å². The molecule has 0 bridgehead atoms. The van der Waals surface area contributed by atoms with E-state index in [9.17, 15) is 0 Å². The van der Waals surface area contributed by atoms with Crippen molar-refractivity contribution in [2.45, 2.75) is 59.9 Å². The van der Waals surface area contributed by atoms with Gasteiger partial charge in [0, 0.05) is 18.7 Å². The summed E-state index contributed by atoms with van der Waals surface area (Å²) in [7, 11) is 2.24. The summed E-state index contributed by atoms with van der Waals surface area (Å²) in [4.78, 5) is 2.47. The largest absolute Gasteiger partial charge is 0.367 e. The highest BCUT2D eigenvalue weighted by atomic mass is 15.2. The van der Waals surface area contributed by atoms with E-state index in [1.807, 2.05) is 41.5 Å². The number of nitrogens with zero attached hydrogens (tertiary/aromatic N) is 1. The topological polar surface area (TPSA) is 3.24 Å². The number of anilines is 1. The maximum absolute atomic E-state index is 2.47. The molecule has 0 saturated carbocycles. The van der Waals surface area contributed by atoms with Crippen LogP contribution in [0.25, 0.3) is 0 Å². The zero-order valence-corrected chi connectivity index (χ0v) is 17.7. The maximum atomic E-state index is 2.47. The van der Waals surface area contributed by atoms with Gasteiger partial charge in [-0.1, -0.05) is 102 Å². The Morgan fingerprint density at radius 2 is 1.35 bits per heavy atom. The van der Waals surface area contributed by atoms with Crippen LogP contribution in [-0.2, 0) is 0 Å². The molecule has 0 amide bonds. The fourth-order valence-corrected chi connectivity index (χ4v) is 3.98. The van der Waals surface area contributed by atoms with Crippen molar-refractivity contribution < 1.29 is 0 Å². The van der Waals surface area contributed by atoms with Crippen LogP contribution in [0.2, 0.25) is 0 Å². The van der Waals surface area contributed by atoms with Crippen molar-refractivity contribution >= 4 is 5.69 Å². The van der Waals surface area contributed by atoms with Crippen molar-refractivity contribution in [3.8, 4) is 0 Å². The van der Waals surface area contributed by atoms with Gasteiger partial charge in [0.1, 0.15) is 0 Å². The molecule has 0 radical (unpaired) electrons. The lowest BCUT2D eigenvalue weighted by Gasteiger charge is -2.44. The Labute approximate surface area is 161 Å². The van der Waals surface area contributed by atoms with Crippen molar-refractivity contribution in [3.05, 3.63) is 77.9 Å². The van der Waals surface area contributed by atoms with Crippen LogP contribution in [-0.4, -0.2) is 7.05 Å². The minimum Gasteiger partial charge on any atom is -0.367 e. The van der Waals surface area contributed by atoms with E-state index in [-0.39, 0.29) is 0 Å². The quantitative estimate of drug-likeness (QED) is 0.478. The first kappa shape index (κ1) is 22.0. The Bertz CT molecular complexity index is 644. The Morgan fingerprint density at radius 3 is 2.00 bits per heavy atom. The van der Waals surface area contributed by atoms with Crippen LogP contribution in [0.4, 0.5) is 5.69 Å². The van der Waals surface area contributed by atoms with Gasteiger partial charge >= 0.3 is 0 Å². The van der Waals surface area contributed by atoms with Gasteiger partial charge in [0.05, 0.1) is 6.04 Å². The third-order valence-corrected chi connectivity index (χ3v) is 4.85. The van der Waals surface area contributed by atoms with E-state index in [0.717, 1.165) is 0 Å². The second-order valence-electron chi connectivity index (χ2n) is 5.88. The van der Waals surface area contributed by atoms with Gasteiger partial charge in [0.25, 0.3) is 0 Å². The number of hydrogen-bond donors (Lipinski definition) is 0. The summed E-state index contributed by atoms with van der Waals surface area (Å²) in [5.41, 5.74) is 4.30. The molecule has 0 aromatic heterocycles. The van der Waals surface area contributed by atoms with Crippen molar-refractivity contribution in [3.63, 3.8) is 0 Å². The Hall–Kier alpha value is -2.02. The van der Waals surface area contributed by atoms with Gasteiger partial charge in [-0.3, -0.25) is 0 Å². The molecule has 0 spiro atoms. The van der Waals surface area contributed by atoms with Crippen LogP contribution < -0.4 is 4.90 Å². The van der Waals surface area contributed by atoms with E-state index in [1.54, 1.807) is 0 Å². The summed E-state index contributed by atoms with van der Waals surface area (Å²) in [5.74, 6) is 1.24. The summed E-state index contributed by atoms with van der Waals surface area (Å²) in [5, 5.41) is 0. The number of rotatable bonds is 1. The third kappa shape index (κ3) is 4.38. The van der Waals surface area contributed by atoms with E-state index in [2.05, 4.69) is 78.7 Å². The molecule has 2 aromatic rings. The molecule has 4 rings (SSSR count). The van der Waals surface area contributed by atoms with Gasteiger partial charge in [-0.05, 0) is 29.5 Å². The lowest BCUT2D eigenvalue weighted by atomic mass is 9.76. The number of allylic oxidation sites excluding steroid dienone is 2. The number of benzene rings is 2. The van der Waals surface area contributed by atoms with Crippen LogP contribution in [0.5, 0.6) is 0 Å². The van der Waals surface area contributed by atoms with Crippen molar-refractivity contribution in [2.24, 2.45) is 5.92 Å². The molecule has 0 fully saturated rings. The van der Waals surface area contributed by atoms with E-state index in [0.29, 0.717) is 17.9 Å². The molecule has 26 heavy (non-hydrogen) atoms.